The third-order valence-corrected chi connectivity index (χ3v) is 9.19. The Morgan fingerprint density at radius 3 is 2.52 bits per heavy atom. The van der Waals surface area contributed by atoms with Gasteiger partial charge in [-0.05, 0) is 36.4 Å². The van der Waals surface area contributed by atoms with Crippen molar-refractivity contribution < 1.29 is 18.0 Å². The Bertz CT molecular complexity index is 1060. The molecule has 10 heteroatoms. The van der Waals surface area contributed by atoms with Crippen molar-refractivity contribution in [2.75, 3.05) is 5.32 Å². The lowest BCUT2D eigenvalue weighted by Crippen LogP contribution is -2.42. The third kappa shape index (κ3) is 5.19. The van der Waals surface area contributed by atoms with Gasteiger partial charge in [-0.1, -0.05) is 55.3 Å². The fourth-order valence-corrected chi connectivity index (χ4v) is 7.18. The summed E-state index contributed by atoms with van der Waals surface area (Å²) >= 11 is 2.17. The van der Waals surface area contributed by atoms with E-state index in [0.29, 0.717) is 5.69 Å². The van der Waals surface area contributed by atoms with Crippen molar-refractivity contribution in [2.24, 2.45) is 4.40 Å². The van der Waals surface area contributed by atoms with E-state index in [1.54, 1.807) is 23.6 Å². The minimum Gasteiger partial charge on any atom is -0.326 e. The molecule has 2 aliphatic rings. The summed E-state index contributed by atoms with van der Waals surface area (Å²) in [5.74, 6) is -0.525. The molecule has 1 aliphatic heterocycles. The Balaban J connectivity index is 1.56. The van der Waals surface area contributed by atoms with Crippen molar-refractivity contribution in [1.82, 2.24) is 4.90 Å². The summed E-state index contributed by atoms with van der Waals surface area (Å²) in [4.78, 5) is 27.3. The van der Waals surface area contributed by atoms with E-state index in [0.717, 1.165) is 55.2 Å². The second kappa shape index (κ2) is 9.54. The number of amides is 2. The molecule has 0 bridgehead atoms. The minimum absolute atomic E-state index is 0.0420. The SMILES string of the molecule is O=C(C[C@H]1SC(=NS(=O)(=O)c2cccs2)N(C2CCCCC2)C1=O)Nc1ccccc1. The molecule has 1 aromatic heterocycles. The molecule has 2 fully saturated rings. The zero-order valence-corrected chi connectivity index (χ0v) is 19.2. The van der Waals surface area contributed by atoms with Crippen molar-refractivity contribution in [2.45, 2.75) is 54.0 Å². The van der Waals surface area contributed by atoms with E-state index < -0.39 is 15.3 Å². The number of nitrogens with zero attached hydrogens (tertiary/aromatic N) is 2. The zero-order chi connectivity index (χ0) is 21.8. The van der Waals surface area contributed by atoms with E-state index in [1.165, 1.54) is 11.0 Å². The molecule has 1 aliphatic carbocycles. The van der Waals surface area contributed by atoms with Crippen LogP contribution in [0.5, 0.6) is 0 Å². The van der Waals surface area contributed by atoms with Gasteiger partial charge >= 0.3 is 0 Å². The summed E-state index contributed by atoms with van der Waals surface area (Å²) < 4.78 is 29.7. The molecule has 1 atom stereocenters. The average molecular weight is 478 g/mol. The number of hydrogen-bond donors (Lipinski definition) is 1. The molecule has 2 amide bonds. The molecule has 1 saturated heterocycles. The highest BCUT2D eigenvalue weighted by Gasteiger charge is 2.43. The van der Waals surface area contributed by atoms with E-state index in [9.17, 15) is 18.0 Å². The maximum absolute atomic E-state index is 13.2. The molecule has 2 heterocycles. The number of para-hydroxylation sites is 1. The molecule has 31 heavy (non-hydrogen) atoms. The van der Waals surface area contributed by atoms with Crippen LogP contribution in [0, 0.1) is 0 Å². The number of nitrogens with one attached hydrogen (secondary N) is 1. The van der Waals surface area contributed by atoms with E-state index in [-0.39, 0.29) is 33.7 Å². The first-order chi connectivity index (χ1) is 14.9. The van der Waals surface area contributed by atoms with Gasteiger partial charge in [0.05, 0.1) is 0 Å². The van der Waals surface area contributed by atoms with Gasteiger partial charge in [0.25, 0.3) is 10.0 Å². The molecule has 1 aromatic carbocycles. The van der Waals surface area contributed by atoms with E-state index in [1.807, 2.05) is 18.2 Å². The largest absolute Gasteiger partial charge is 0.326 e. The van der Waals surface area contributed by atoms with Crippen LogP contribution in [-0.4, -0.2) is 41.6 Å². The second-order valence-corrected chi connectivity index (χ2v) is 11.5. The second-order valence-electron chi connectivity index (χ2n) is 7.51. The third-order valence-electron chi connectivity index (χ3n) is 5.28. The lowest BCUT2D eigenvalue weighted by atomic mass is 9.94. The molecule has 0 radical (unpaired) electrons. The highest BCUT2D eigenvalue weighted by Crippen LogP contribution is 2.36. The van der Waals surface area contributed by atoms with Gasteiger partial charge in [0.15, 0.2) is 5.17 Å². The lowest BCUT2D eigenvalue weighted by molar-refractivity contribution is -0.130. The van der Waals surface area contributed by atoms with Crippen LogP contribution in [0.3, 0.4) is 0 Å². The summed E-state index contributed by atoms with van der Waals surface area (Å²) in [6.07, 6.45) is 4.67. The molecule has 1 saturated carbocycles. The van der Waals surface area contributed by atoms with Gasteiger partial charge in [-0.25, -0.2) is 0 Å². The lowest BCUT2D eigenvalue weighted by Gasteiger charge is -2.30. The summed E-state index contributed by atoms with van der Waals surface area (Å²) in [6.45, 7) is 0. The van der Waals surface area contributed by atoms with E-state index in [4.69, 9.17) is 0 Å². The molecular formula is C21H23N3O4S3. The maximum Gasteiger partial charge on any atom is 0.294 e. The van der Waals surface area contributed by atoms with Gasteiger partial charge in [-0.3, -0.25) is 14.5 Å². The number of carbonyl (C=O) groups excluding carboxylic acids is 2. The minimum atomic E-state index is -3.90. The molecule has 7 nitrogen and oxygen atoms in total. The van der Waals surface area contributed by atoms with Crippen LogP contribution in [-0.2, 0) is 19.6 Å². The molecule has 0 unspecified atom stereocenters. The van der Waals surface area contributed by atoms with Gasteiger partial charge in [-0.15, -0.1) is 15.7 Å². The number of benzene rings is 1. The highest BCUT2D eigenvalue weighted by molar-refractivity contribution is 8.16. The Labute approximate surface area is 190 Å². The maximum atomic E-state index is 13.2. The fraction of sp³-hybridized carbons (Fsp3) is 0.381. The van der Waals surface area contributed by atoms with Crippen LogP contribution in [0.2, 0.25) is 0 Å². The number of anilines is 1. The van der Waals surface area contributed by atoms with Crippen molar-refractivity contribution >= 4 is 55.8 Å². The number of carbonyl (C=O) groups is 2. The number of rotatable bonds is 6. The molecule has 1 N–H and O–H groups in total. The molecule has 2 aromatic rings. The zero-order valence-electron chi connectivity index (χ0n) is 16.8. The predicted molar refractivity (Wildman–Crippen MR) is 124 cm³/mol. The molecule has 4 rings (SSSR count). The Kier molecular flexibility index (Phi) is 6.78. The first kappa shape index (κ1) is 22.0. The fourth-order valence-electron chi connectivity index (χ4n) is 3.81. The number of sulfonamides is 1. The first-order valence-corrected chi connectivity index (χ1v) is 13.4. The summed E-state index contributed by atoms with van der Waals surface area (Å²) in [5, 5.41) is 3.96. The van der Waals surface area contributed by atoms with Gasteiger partial charge in [0.2, 0.25) is 11.8 Å². The topological polar surface area (TPSA) is 95.9 Å². The average Bonchev–Trinajstić information content (AvgIpc) is 3.39. The number of thioether (sulfide) groups is 1. The van der Waals surface area contributed by atoms with Crippen LogP contribution in [0.25, 0.3) is 0 Å². The normalized spacial score (nSPS) is 21.5. The van der Waals surface area contributed by atoms with Crippen LogP contribution in [0.4, 0.5) is 5.69 Å². The summed E-state index contributed by atoms with van der Waals surface area (Å²) in [5.41, 5.74) is 0.654. The monoisotopic (exact) mass is 477 g/mol. The van der Waals surface area contributed by atoms with Crippen LogP contribution >= 0.6 is 23.1 Å². The first-order valence-electron chi connectivity index (χ1n) is 10.2. The van der Waals surface area contributed by atoms with Gasteiger partial charge in [0.1, 0.15) is 9.46 Å². The Hall–Kier alpha value is -2.17. The molecule has 164 valence electrons. The van der Waals surface area contributed by atoms with Gasteiger partial charge < -0.3 is 5.32 Å². The number of thiophene rings is 1. The molecule has 0 spiro atoms. The number of hydrogen-bond acceptors (Lipinski definition) is 6. The van der Waals surface area contributed by atoms with Crippen molar-refractivity contribution in [1.29, 1.82) is 0 Å². The van der Waals surface area contributed by atoms with Crippen molar-refractivity contribution in [3.05, 3.63) is 47.8 Å². The van der Waals surface area contributed by atoms with Crippen molar-refractivity contribution in [3.8, 4) is 0 Å². The standard InChI is InChI=1S/C21H23N3O4S3/c25-18(22-15-8-3-1-4-9-15)14-17-20(26)24(16-10-5-2-6-11-16)21(30-17)23-31(27,28)19-12-7-13-29-19/h1,3-4,7-9,12-13,16-17H,2,5-6,10-11,14H2,(H,22,25)/t17-/m1/s1. The van der Waals surface area contributed by atoms with Gasteiger partial charge in [0, 0.05) is 18.2 Å². The Morgan fingerprint density at radius 1 is 1.10 bits per heavy atom. The highest BCUT2D eigenvalue weighted by atomic mass is 32.2. The van der Waals surface area contributed by atoms with Crippen molar-refractivity contribution in [3.63, 3.8) is 0 Å². The van der Waals surface area contributed by atoms with Crippen LogP contribution < -0.4 is 5.32 Å². The molecular weight excluding hydrogens is 454 g/mol. The summed E-state index contributed by atoms with van der Waals surface area (Å²) in [7, 11) is -3.90. The predicted octanol–water partition coefficient (Wildman–Crippen LogP) is 4.10. The van der Waals surface area contributed by atoms with E-state index >= 15 is 0 Å². The van der Waals surface area contributed by atoms with Crippen LogP contribution in [0.15, 0.2) is 56.5 Å². The smallest absolute Gasteiger partial charge is 0.294 e. The summed E-state index contributed by atoms with van der Waals surface area (Å²) in [6, 6.07) is 12.1. The van der Waals surface area contributed by atoms with E-state index in [2.05, 4.69) is 9.71 Å². The Morgan fingerprint density at radius 2 is 1.84 bits per heavy atom. The number of amidine groups is 1. The van der Waals surface area contributed by atoms with Crippen LogP contribution in [0.1, 0.15) is 38.5 Å². The van der Waals surface area contributed by atoms with Gasteiger partial charge in [-0.2, -0.15) is 8.42 Å². The quantitative estimate of drug-likeness (QED) is 0.676.